The lowest BCUT2D eigenvalue weighted by molar-refractivity contribution is 0.359. The molecule has 0 fully saturated rings. The predicted octanol–water partition coefficient (Wildman–Crippen LogP) is 0.605. The van der Waals surface area contributed by atoms with Crippen LogP contribution in [0.5, 0.6) is 17.8 Å². The highest BCUT2D eigenvalue weighted by molar-refractivity contribution is 5.34. The molecule has 0 unspecified atom stereocenters. The number of hydrogen-bond donors (Lipinski definition) is 1. The largest absolute Gasteiger partial charge is 0.467 e. The fourth-order valence-electron chi connectivity index (χ4n) is 1.48. The molecule has 18 heavy (non-hydrogen) atoms. The van der Waals surface area contributed by atoms with Crippen molar-refractivity contribution in [2.45, 2.75) is 13.8 Å². The van der Waals surface area contributed by atoms with Crippen LogP contribution in [0.15, 0.2) is 0 Å². The maximum atomic E-state index is 5.58. The van der Waals surface area contributed by atoms with Crippen LogP contribution in [0.3, 0.4) is 0 Å². The lowest BCUT2D eigenvalue weighted by atomic mass is 10.3. The Morgan fingerprint density at radius 1 is 1.11 bits per heavy atom. The molecule has 0 aromatic carbocycles. The SMILES string of the molecule is COc1nc(N)nc(Oc2c(C)nn(C)c2C)n1. The number of hydrogen-bond acceptors (Lipinski definition) is 7. The molecule has 0 radical (unpaired) electrons. The van der Waals surface area contributed by atoms with E-state index < -0.39 is 0 Å². The Morgan fingerprint density at radius 2 is 1.78 bits per heavy atom. The van der Waals surface area contributed by atoms with E-state index in [1.54, 1.807) is 4.68 Å². The number of ether oxygens (including phenoxy) is 2. The van der Waals surface area contributed by atoms with Crippen LogP contribution in [0.4, 0.5) is 5.95 Å². The van der Waals surface area contributed by atoms with Gasteiger partial charge in [-0.3, -0.25) is 4.68 Å². The second-order valence-electron chi connectivity index (χ2n) is 3.69. The molecular weight excluding hydrogens is 236 g/mol. The van der Waals surface area contributed by atoms with Crippen molar-refractivity contribution in [2.75, 3.05) is 12.8 Å². The van der Waals surface area contributed by atoms with Gasteiger partial charge in [0.15, 0.2) is 5.75 Å². The summed E-state index contributed by atoms with van der Waals surface area (Å²) < 4.78 is 12.2. The van der Waals surface area contributed by atoms with Crippen molar-refractivity contribution in [2.24, 2.45) is 7.05 Å². The van der Waals surface area contributed by atoms with Crippen molar-refractivity contribution < 1.29 is 9.47 Å². The van der Waals surface area contributed by atoms with Crippen LogP contribution in [-0.4, -0.2) is 31.8 Å². The highest BCUT2D eigenvalue weighted by Gasteiger charge is 2.14. The van der Waals surface area contributed by atoms with E-state index >= 15 is 0 Å². The van der Waals surface area contributed by atoms with Crippen LogP contribution in [0.1, 0.15) is 11.4 Å². The van der Waals surface area contributed by atoms with E-state index in [0.29, 0.717) is 5.75 Å². The second kappa shape index (κ2) is 4.47. The molecular formula is C10H14N6O2. The van der Waals surface area contributed by atoms with Gasteiger partial charge in [0, 0.05) is 7.05 Å². The molecule has 0 atom stereocenters. The summed E-state index contributed by atoms with van der Waals surface area (Å²) in [6.07, 6.45) is 0. The average molecular weight is 250 g/mol. The number of nitrogen functional groups attached to an aromatic ring is 1. The molecule has 2 N–H and O–H groups in total. The summed E-state index contributed by atoms with van der Waals surface area (Å²) >= 11 is 0. The lowest BCUT2D eigenvalue weighted by Crippen LogP contribution is -2.03. The van der Waals surface area contributed by atoms with Gasteiger partial charge in [0.1, 0.15) is 5.69 Å². The first kappa shape index (κ1) is 12.1. The number of aromatic nitrogens is 5. The summed E-state index contributed by atoms with van der Waals surface area (Å²) in [5.41, 5.74) is 7.14. The van der Waals surface area contributed by atoms with Crippen LogP contribution >= 0.6 is 0 Å². The number of aryl methyl sites for hydroxylation is 2. The van der Waals surface area contributed by atoms with E-state index in [2.05, 4.69) is 20.1 Å². The molecule has 0 spiro atoms. The van der Waals surface area contributed by atoms with E-state index in [-0.39, 0.29) is 18.0 Å². The molecule has 0 aliphatic heterocycles. The van der Waals surface area contributed by atoms with Crippen molar-refractivity contribution in [3.8, 4) is 17.8 Å². The van der Waals surface area contributed by atoms with Gasteiger partial charge in [-0.1, -0.05) is 0 Å². The minimum absolute atomic E-state index is 0.0380. The number of methoxy groups -OCH3 is 1. The minimum atomic E-state index is 0.0380. The van der Waals surface area contributed by atoms with Crippen molar-refractivity contribution in [3.63, 3.8) is 0 Å². The highest BCUT2D eigenvalue weighted by atomic mass is 16.5. The van der Waals surface area contributed by atoms with Crippen LogP contribution in [0, 0.1) is 13.8 Å². The van der Waals surface area contributed by atoms with Gasteiger partial charge >= 0.3 is 12.0 Å². The molecule has 0 aliphatic rings. The first-order valence-electron chi connectivity index (χ1n) is 5.25. The zero-order valence-corrected chi connectivity index (χ0v) is 10.6. The maximum absolute atomic E-state index is 5.58. The van der Waals surface area contributed by atoms with Gasteiger partial charge in [0.2, 0.25) is 5.95 Å². The zero-order valence-electron chi connectivity index (χ0n) is 10.6. The van der Waals surface area contributed by atoms with Crippen molar-refractivity contribution in [1.82, 2.24) is 24.7 Å². The van der Waals surface area contributed by atoms with Crippen LogP contribution in [0.2, 0.25) is 0 Å². The molecule has 2 aromatic heterocycles. The molecule has 0 saturated heterocycles. The Balaban J connectivity index is 2.36. The number of nitrogens with zero attached hydrogens (tertiary/aromatic N) is 5. The fraction of sp³-hybridized carbons (Fsp3) is 0.400. The number of rotatable bonds is 3. The van der Waals surface area contributed by atoms with E-state index in [1.165, 1.54) is 7.11 Å². The van der Waals surface area contributed by atoms with Gasteiger partial charge in [-0.15, -0.1) is 4.98 Å². The number of nitrogens with two attached hydrogens (primary N) is 1. The summed E-state index contributed by atoms with van der Waals surface area (Å²) in [5, 5.41) is 4.23. The van der Waals surface area contributed by atoms with E-state index in [1.807, 2.05) is 20.9 Å². The Labute approximate surface area is 104 Å². The van der Waals surface area contributed by atoms with E-state index in [0.717, 1.165) is 11.4 Å². The molecule has 2 rings (SSSR count). The van der Waals surface area contributed by atoms with Crippen molar-refractivity contribution in [3.05, 3.63) is 11.4 Å². The standard InChI is InChI=1S/C10H14N6O2/c1-5-7(6(2)16(3)15-5)18-10-13-8(11)12-9(14-10)17-4/h1-4H3,(H2,11,12,13,14). The molecule has 8 nitrogen and oxygen atoms in total. The molecule has 96 valence electrons. The summed E-state index contributed by atoms with van der Waals surface area (Å²) in [6.45, 7) is 3.72. The molecule has 0 bridgehead atoms. The first-order chi connectivity index (χ1) is 8.51. The Kier molecular flexibility index (Phi) is 3.00. The quantitative estimate of drug-likeness (QED) is 0.851. The average Bonchev–Trinajstić information content (AvgIpc) is 2.55. The molecule has 0 aliphatic carbocycles. The van der Waals surface area contributed by atoms with Gasteiger partial charge < -0.3 is 15.2 Å². The summed E-state index contributed by atoms with van der Waals surface area (Å²) in [5.74, 6) is 0.640. The van der Waals surface area contributed by atoms with E-state index in [4.69, 9.17) is 15.2 Å². The first-order valence-corrected chi connectivity index (χ1v) is 5.25. The Hall–Kier alpha value is -2.38. The van der Waals surface area contributed by atoms with Gasteiger partial charge in [0.05, 0.1) is 12.8 Å². The van der Waals surface area contributed by atoms with Crippen LogP contribution in [-0.2, 0) is 7.05 Å². The third-order valence-corrected chi connectivity index (χ3v) is 2.43. The third-order valence-electron chi connectivity index (χ3n) is 2.43. The fourth-order valence-corrected chi connectivity index (χ4v) is 1.48. The van der Waals surface area contributed by atoms with Crippen molar-refractivity contribution in [1.29, 1.82) is 0 Å². The Bertz CT molecular complexity index is 580. The van der Waals surface area contributed by atoms with Gasteiger partial charge in [0.25, 0.3) is 0 Å². The molecule has 2 aromatic rings. The molecule has 2 heterocycles. The highest BCUT2D eigenvalue weighted by Crippen LogP contribution is 2.26. The van der Waals surface area contributed by atoms with Crippen LogP contribution < -0.4 is 15.2 Å². The third kappa shape index (κ3) is 2.17. The maximum Gasteiger partial charge on any atom is 0.330 e. The zero-order chi connectivity index (χ0) is 13.3. The van der Waals surface area contributed by atoms with Crippen LogP contribution in [0.25, 0.3) is 0 Å². The second-order valence-corrected chi connectivity index (χ2v) is 3.69. The minimum Gasteiger partial charge on any atom is -0.467 e. The summed E-state index contributed by atoms with van der Waals surface area (Å²) in [4.78, 5) is 11.6. The predicted molar refractivity (Wildman–Crippen MR) is 63.5 cm³/mol. The summed E-state index contributed by atoms with van der Waals surface area (Å²) in [6, 6.07) is 0.190. The van der Waals surface area contributed by atoms with Gasteiger partial charge in [-0.2, -0.15) is 15.1 Å². The van der Waals surface area contributed by atoms with Gasteiger partial charge in [-0.25, -0.2) is 0 Å². The molecule has 0 amide bonds. The van der Waals surface area contributed by atoms with Crippen molar-refractivity contribution >= 4 is 5.95 Å². The lowest BCUT2D eigenvalue weighted by Gasteiger charge is -2.05. The number of anilines is 1. The molecule has 0 saturated carbocycles. The smallest absolute Gasteiger partial charge is 0.330 e. The monoisotopic (exact) mass is 250 g/mol. The Morgan fingerprint density at radius 3 is 2.33 bits per heavy atom. The molecule has 8 heteroatoms. The normalized spacial score (nSPS) is 10.4. The summed E-state index contributed by atoms with van der Waals surface area (Å²) in [7, 11) is 3.27. The van der Waals surface area contributed by atoms with Gasteiger partial charge in [-0.05, 0) is 13.8 Å². The topological polar surface area (TPSA) is 101 Å². The van der Waals surface area contributed by atoms with E-state index in [9.17, 15) is 0 Å².